The monoisotopic (exact) mass is 548 g/mol. The number of ether oxygens (including phenoxy) is 1. The van der Waals surface area contributed by atoms with Crippen molar-refractivity contribution in [2.75, 3.05) is 26.7 Å². The average Bonchev–Trinajstić information content (AvgIpc) is 3.62. The molecule has 2 N–H and O–H groups in total. The summed E-state index contributed by atoms with van der Waals surface area (Å²) >= 11 is 0. The van der Waals surface area contributed by atoms with Crippen molar-refractivity contribution in [1.29, 1.82) is 0 Å². The minimum Gasteiger partial charge on any atom is -0.493 e. The lowest BCUT2D eigenvalue weighted by atomic mass is 10.00. The van der Waals surface area contributed by atoms with E-state index in [0.717, 1.165) is 30.9 Å². The van der Waals surface area contributed by atoms with Crippen LogP contribution in [-0.2, 0) is 24.3 Å². The van der Waals surface area contributed by atoms with Crippen LogP contribution in [0.15, 0.2) is 47.5 Å². The lowest BCUT2D eigenvalue weighted by Crippen LogP contribution is -2.45. The van der Waals surface area contributed by atoms with E-state index in [1.54, 1.807) is 7.05 Å². The van der Waals surface area contributed by atoms with Crippen molar-refractivity contribution in [2.45, 2.75) is 39.3 Å². The first-order valence-electron chi connectivity index (χ1n) is 11.1. The highest BCUT2D eigenvalue weighted by atomic mass is 127. The largest absolute Gasteiger partial charge is 0.493 e. The molecule has 2 aliphatic rings. The number of nitrogens with one attached hydrogen (secondary N) is 2. The van der Waals surface area contributed by atoms with Gasteiger partial charge >= 0.3 is 0 Å². The lowest BCUT2D eigenvalue weighted by molar-refractivity contribution is -0.130. The summed E-state index contributed by atoms with van der Waals surface area (Å²) in [5.41, 5.74) is 4.86. The van der Waals surface area contributed by atoms with Crippen LogP contribution in [0.25, 0.3) is 0 Å². The van der Waals surface area contributed by atoms with Crippen LogP contribution < -0.4 is 15.4 Å². The molecule has 0 spiro atoms. The molecular formula is C25H33IN4O2. The average molecular weight is 548 g/mol. The van der Waals surface area contributed by atoms with Gasteiger partial charge in [0, 0.05) is 32.2 Å². The van der Waals surface area contributed by atoms with Gasteiger partial charge in [-0.2, -0.15) is 0 Å². The van der Waals surface area contributed by atoms with Gasteiger partial charge in [-0.3, -0.25) is 9.79 Å². The van der Waals surface area contributed by atoms with Crippen LogP contribution in [-0.4, -0.2) is 43.5 Å². The Balaban J connectivity index is 0.00000289. The van der Waals surface area contributed by atoms with Crippen LogP contribution in [0.3, 0.4) is 0 Å². The van der Waals surface area contributed by atoms with Crippen LogP contribution in [0.1, 0.15) is 35.1 Å². The highest BCUT2D eigenvalue weighted by Gasteiger charge is 2.23. The summed E-state index contributed by atoms with van der Waals surface area (Å²) in [6, 6.07) is 14.6. The zero-order valence-corrected chi connectivity index (χ0v) is 21.2. The number of benzene rings is 2. The predicted octanol–water partition coefficient (Wildman–Crippen LogP) is 3.65. The zero-order chi connectivity index (χ0) is 21.6. The number of carbonyl (C=O) groups is 1. The van der Waals surface area contributed by atoms with E-state index in [1.165, 1.54) is 29.5 Å². The fraction of sp³-hybridized carbons (Fsp3) is 0.440. The summed E-state index contributed by atoms with van der Waals surface area (Å²) in [6.45, 7) is 5.11. The second-order valence-corrected chi connectivity index (χ2v) is 8.48. The van der Waals surface area contributed by atoms with Crippen molar-refractivity contribution in [3.05, 3.63) is 64.7 Å². The number of aliphatic imine (C=N–C) groups is 1. The molecule has 32 heavy (non-hydrogen) atoms. The first kappa shape index (κ1) is 24.4. The Hall–Kier alpha value is -2.29. The number of amides is 1. The highest BCUT2D eigenvalue weighted by Crippen LogP contribution is 2.30. The van der Waals surface area contributed by atoms with E-state index in [9.17, 15) is 4.79 Å². The van der Waals surface area contributed by atoms with Gasteiger partial charge in [0.1, 0.15) is 5.75 Å². The molecule has 7 heteroatoms. The van der Waals surface area contributed by atoms with E-state index in [-0.39, 0.29) is 36.4 Å². The topological polar surface area (TPSA) is 66.0 Å². The highest BCUT2D eigenvalue weighted by molar-refractivity contribution is 14.0. The Morgan fingerprint density at radius 3 is 2.69 bits per heavy atom. The summed E-state index contributed by atoms with van der Waals surface area (Å²) < 4.78 is 6.05. The number of hydrogen-bond donors (Lipinski definition) is 2. The normalized spacial score (nSPS) is 15.4. The molecule has 1 aliphatic carbocycles. The molecule has 6 nitrogen and oxygen atoms in total. The quantitative estimate of drug-likeness (QED) is 0.315. The molecule has 0 unspecified atom stereocenters. The first-order valence-corrected chi connectivity index (χ1v) is 11.1. The van der Waals surface area contributed by atoms with E-state index < -0.39 is 0 Å². The Morgan fingerprint density at radius 2 is 1.94 bits per heavy atom. The molecule has 0 atom stereocenters. The Bertz CT molecular complexity index is 959. The van der Waals surface area contributed by atoms with Crippen LogP contribution in [0.4, 0.5) is 0 Å². The number of aryl methyl sites for hydroxylation is 1. The Morgan fingerprint density at radius 1 is 1.16 bits per heavy atom. The number of fused-ring (bicyclic) bond motifs is 1. The Labute approximate surface area is 207 Å². The second kappa shape index (κ2) is 11.5. The van der Waals surface area contributed by atoms with Gasteiger partial charge in [-0.15, -0.1) is 24.0 Å². The van der Waals surface area contributed by atoms with Gasteiger partial charge in [0.25, 0.3) is 0 Å². The molecule has 2 aromatic rings. The Kier molecular flexibility index (Phi) is 8.78. The molecule has 1 heterocycles. The standard InChI is InChI=1S/C25H32N4O2.HI/c1-18-7-10-21(23(13-18)31-17-19-8-9-19)14-27-25(26-2)28-15-24(30)29-12-11-20-5-3-4-6-22(20)16-29;/h3-7,10,13,19H,8-9,11-12,14-17H2,1-2H3,(H2,26,27,28);1H. The SMILES string of the molecule is CN=C(NCC(=O)N1CCc2ccccc2C1)NCc1ccc(C)cc1OCC1CC1.I. The van der Waals surface area contributed by atoms with Gasteiger partial charge < -0.3 is 20.3 Å². The number of rotatable bonds is 7. The molecule has 1 aliphatic heterocycles. The number of guanidine groups is 1. The summed E-state index contributed by atoms with van der Waals surface area (Å²) in [5, 5.41) is 6.47. The van der Waals surface area contributed by atoms with E-state index in [1.807, 2.05) is 11.0 Å². The number of hydrogen-bond acceptors (Lipinski definition) is 3. The van der Waals surface area contributed by atoms with Gasteiger partial charge in [0.2, 0.25) is 5.91 Å². The summed E-state index contributed by atoms with van der Waals surface area (Å²) in [7, 11) is 1.72. The molecular weight excluding hydrogens is 515 g/mol. The maximum atomic E-state index is 12.7. The molecule has 1 saturated carbocycles. The van der Waals surface area contributed by atoms with Crippen molar-refractivity contribution < 1.29 is 9.53 Å². The molecule has 172 valence electrons. The van der Waals surface area contributed by atoms with Gasteiger partial charge in [0.15, 0.2) is 5.96 Å². The summed E-state index contributed by atoms with van der Waals surface area (Å²) in [6.07, 6.45) is 3.45. The maximum absolute atomic E-state index is 12.7. The van der Waals surface area contributed by atoms with Crippen LogP contribution in [0.2, 0.25) is 0 Å². The minimum absolute atomic E-state index is 0. The van der Waals surface area contributed by atoms with Crippen molar-refractivity contribution in [1.82, 2.24) is 15.5 Å². The smallest absolute Gasteiger partial charge is 0.242 e. The van der Waals surface area contributed by atoms with Crippen molar-refractivity contribution >= 4 is 35.8 Å². The summed E-state index contributed by atoms with van der Waals surface area (Å²) in [4.78, 5) is 18.9. The molecule has 0 saturated heterocycles. The van der Waals surface area contributed by atoms with Crippen molar-refractivity contribution in [2.24, 2.45) is 10.9 Å². The second-order valence-electron chi connectivity index (χ2n) is 8.48. The van der Waals surface area contributed by atoms with Gasteiger partial charge in [-0.05, 0) is 54.9 Å². The minimum atomic E-state index is 0. The third-order valence-corrected chi connectivity index (χ3v) is 5.95. The van der Waals surface area contributed by atoms with E-state index >= 15 is 0 Å². The third-order valence-electron chi connectivity index (χ3n) is 5.95. The van der Waals surface area contributed by atoms with E-state index in [4.69, 9.17) is 4.74 Å². The van der Waals surface area contributed by atoms with Crippen molar-refractivity contribution in [3.63, 3.8) is 0 Å². The summed E-state index contributed by atoms with van der Waals surface area (Å²) in [5.74, 6) is 2.34. The molecule has 2 aromatic carbocycles. The predicted molar refractivity (Wildman–Crippen MR) is 139 cm³/mol. The zero-order valence-electron chi connectivity index (χ0n) is 18.9. The van der Waals surface area contributed by atoms with Gasteiger partial charge in [-0.25, -0.2) is 0 Å². The van der Waals surface area contributed by atoms with Crippen molar-refractivity contribution in [3.8, 4) is 5.75 Å². The number of carbonyl (C=O) groups excluding carboxylic acids is 1. The lowest BCUT2D eigenvalue weighted by Gasteiger charge is -2.29. The van der Waals surface area contributed by atoms with Gasteiger partial charge in [-0.1, -0.05) is 36.4 Å². The fourth-order valence-electron chi connectivity index (χ4n) is 3.81. The molecule has 0 bridgehead atoms. The molecule has 0 radical (unpaired) electrons. The molecule has 0 aromatic heterocycles. The first-order chi connectivity index (χ1) is 15.1. The molecule has 1 amide bonds. The maximum Gasteiger partial charge on any atom is 0.242 e. The number of nitrogens with zero attached hydrogens (tertiary/aromatic N) is 2. The van der Waals surface area contributed by atoms with Crippen LogP contribution in [0, 0.1) is 12.8 Å². The van der Waals surface area contributed by atoms with Gasteiger partial charge in [0.05, 0.1) is 13.2 Å². The molecule has 4 rings (SSSR count). The van der Waals surface area contributed by atoms with E-state index in [2.05, 4.69) is 58.9 Å². The number of halogens is 1. The van der Waals surface area contributed by atoms with Crippen LogP contribution >= 0.6 is 24.0 Å². The van der Waals surface area contributed by atoms with E-state index in [0.29, 0.717) is 25.0 Å². The van der Waals surface area contributed by atoms with Crippen LogP contribution in [0.5, 0.6) is 5.75 Å². The molecule has 1 fully saturated rings. The third kappa shape index (κ3) is 6.60. The fourth-order valence-corrected chi connectivity index (χ4v) is 3.81.